The number of rotatable bonds is 5. The highest BCUT2D eigenvalue weighted by atomic mass is 15.3. The smallest absolute Gasteiger partial charge is 0.0651 e. The second-order valence-electron chi connectivity index (χ2n) is 9.05. The number of nitrogens with one attached hydrogen (secondary N) is 1. The minimum absolute atomic E-state index is 0.569. The molecule has 4 heteroatoms. The first-order valence-electron chi connectivity index (χ1n) is 11.3. The molecule has 0 saturated carbocycles. The van der Waals surface area contributed by atoms with Gasteiger partial charge in [0.2, 0.25) is 0 Å². The van der Waals surface area contributed by atoms with E-state index in [4.69, 9.17) is 0 Å². The van der Waals surface area contributed by atoms with Crippen LogP contribution in [0.25, 0.3) is 5.69 Å². The molecule has 2 aromatic carbocycles. The van der Waals surface area contributed by atoms with Gasteiger partial charge >= 0.3 is 0 Å². The number of benzene rings is 2. The first-order chi connectivity index (χ1) is 14.7. The summed E-state index contributed by atoms with van der Waals surface area (Å²) in [7, 11) is 0. The molecule has 1 unspecified atom stereocenters. The summed E-state index contributed by atoms with van der Waals surface area (Å²) in [6.45, 7) is 7.48. The van der Waals surface area contributed by atoms with E-state index in [-0.39, 0.29) is 0 Å². The highest BCUT2D eigenvalue weighted by Crippen LogP contribution is 2.27. The van der Waals surface area contributed by atoms with Crippen molar-refractivity contribution in [1.29, 1.82) is 0 Å². The maximum Gasteiger partial charge on any atom is 0.0651 e. The van der Waals surface area contributed by atoms with Crippen molar-refractivity contribution in [1.82, 2.24) is 20.0 Å². The van der Waals surface area contributed by atoms with Crippen molar-refractivity contribution < 1.29 is 0 Å². The number of piperidine rings is 1. The van der Waals surface area contributed by atoms with Crippen molar-refractivity contribution in [2.45, 2.75) is 58.2 Å². The van der Waals surface area contributed by atoms with Crippen LogP contribution in [0, 0.1) is 13.8 Å². The molecule has 4 nitrogen and oxygen atoms in total. The fourth-order valence-corrected chi connectivity index (χ4v) is 5.25. The van der Waals surface area contributed by atoms with E-state index in [1.807, 2.05) is 11.6 Å². The quantitative estimate of drug-likeness (QED) is 0.696. The van der Waals surface area contributed by atoms with E-state index in [0.717, 1.165) is 24.5 Å². The van der Waals surface area contributed by atoms with Crippen LogP contribution in [0.15, 0.2) is 54.6 Å². The maximum atomic E-state index is 4.63. The highest BCUT2D eigenvalue weighted by molar-refractivity contribution is 5.37. The summed E-state index contributed by atoms with van der Waals surface area (Å²) in [5.41, 5.74) is 7.82. The summed E-state index contributed by atoms with van der Waals surface area (Å²) in [4.78, 5) is 2.73. The molecular weight excluding hydrogens is 368 g/mol. The number of hydrogen-bond acceptors (Lipinski definition) is 3. The van der Waals surface area contributed by atoms with E-state index in [0.29, 0.717) is 12.1 Å². The molecule has 1 aliphatic carbocycles. The topological polar surface area (TPSA) is 33.1 Å². The van der Waals surface area contributed by atoms with Crippen LogP contribution in [0.3, 0.4) is 0 Å². The highest BCUT2D eigenvalue weighted by Gasteiger charge is 2.30. The van der Waals surface area contributed by atoms with Crippen molar-refractivity contribution >= 4 is 0 Å². The second kappa shape index (κ2) is 8.37. The van der Waals surface area contributed by atoms with Gasteiger partial charge in [-0.25, -0.2) is 4.68 Å². The lowest BCUT2D eigenvalue weighted by atomic mass is 10.0. The minimum Gasteiger partial charge on any atom is -0.309 e. The van der Waals surface area contributed by atoms with Crippen molar-refractivity contribution in [2.75, 3.05) is 13.1 Å². The zero-order valence-electron chi connectivity index (χ0n) is 18.1. The number of aryl methyl sites for hydroxylation is 2. The van der Waals surface area contributed by atoms with Gasteiger partial charge in [-0.3, -0.25) is 4.90 Å². The molecule has 1 aromatic heterocycles. The van der Waals surface area contributed by atoms with Gasteiger partial charge in [0.1, 0.15) is 0 Å². The normalized spacial score (nSPS) is 19.9. The van der Waals surface area contributed by atoms with Gasteiger partial charge < -0.3 is 5.32 Å². The molecule has 156 valence electrons. The first kappa shape index (κ1) is 19.5. The maximum absolute atomic E-state index is 4.63. The standard InChI is InChI=1S/C26H32N4/c1-19-13-20(2)30(28-19)25-11-5-7-21(14-25)17-27-24-10-6-12-29(18-24)26-15-22-8-3-4-9-23(22)16-26/h3-5,7-9,11,13-14,24,26-27H,6,10,12,15-18H2,1-2H3. The van der Waals surface area contributed by atoms with Crippen molar-refractivity contribution in [3.63, 3.8) is 0 Å². The number of fused-ring (bicyclic) bond motifs is 1. The third kappa shape index (κ3) is 4.07. The van der Waals surface area contributed by atoms with E-state index >= 15 is 0 Å². The van der Waals surface area contributed by atoms with Crippen molar-refractivity contribution in [2.24, 2.45) is 0 Å². The Kier molecular flexibility index (Phi) is 5.45. The zero-order valence-corrected chi connectivity index (χ0v) is 18.1. The molecule has 0 amide bonds. The Morgan fingerprint density at radius 3 is 2.53 bits per heavy atom. The van der Waals surface area contributed by atoms with Crippen LogP contribution in [-0.4, -0.2) is 39.9 Å². The molecule has 0 bridgehead atoms. The Hall–Kier alpha value is -2.43. The monoisotopic (exact) mass is 400 g/mol. The third-order valence-electron chi connectivity index (χ3n) is 6.76. The molecule has 5 rings (SSSR count). The Bertz CT molecular complexity index is 996. The minimum atomic E-state index is 0.569. The van der Waals surface area contributed by atoms with Gasteiger partial charge in [-0.2, -0.15) is 5.10 Å². The van der Waals surface area contributed by atoms with Crippen LogP contribution < -0.4 is 5.32 Å². The average molecular weight is 401 g/mol. The lowest BCUT2D eigenvalue weighted by molar-refractivity contribution is 0.140. The van der Waals surface area contributed by atoms with E-state index in [9.17, 15) is 0 Å². The Morgan fingerprint density at radius 1 is 1.00 bits per heavy atom. The Labute approximate surface area is 179 Å². The molecule has 1 aliphatic heterocycles. The summed E-state index contributed by atoms with van der Waals surface area (Å²) in [6, 6.07) is 21.1. The summed E-state index contributed by atoms with van der Waals surface area (Å²) in [5, 5.41) is 8.47. The van der Waals surface area contributed by atoms with Gasteiger partial charge in [0, 0.05) is 30.9 Å². The number of nitrogens with zero attached hydrogens (tertiary/aromatic N) is 3. The van der Waals surface area contributed by atoms with Crippen LogP contribution in [0.1, 0.15) is 40.9 Å². The molecule has 1 fully saturated rings. The van der Waals surface area contributed by atoms with Gasteiger partial charge in [0.05, 0.1) is 11.4 Å². The average Bonchev–Trinajstić information content (AvgIpc) is 3.35. The molecule has 0 radical (unpaired) electrons. The zero-order chi connectivity index (χ0) is 20.5. The fourth-order valence-electron chi connectivity index (χ4n) is 5.25. The van der Waals surface area contributed by atoms with Crippen molar-refractivity contribution in [3.8, 4) is 5.69 Å². The first-order valence-corrected chi connectivity index (χ1v) is 11.3. The number of hydrogen-bond donors (Lipinski definition) is 1. The van der Waals surface area contributed by atoms with Gasteiger partial charge in [0.25, 0.3) is 0 Å². The second-order valence-corrected chi connectivity index (χ2v) is 9.05. The predicted molar refractivity (Wildman–Crippen MR) is 122 cm³/mol. The van der Waals surface area contributed by atoms with Crippen LogP contribution in [0.2, 0.25) is 0 Å². The van der Waals surface area contributed by atoms with Crippen LogP contribution in [0.5, 0.6) is 0 Å². The largest absolute Gasteiger partial charge is 0.309 e. The molecule has 3 aromatic rings. The Balaban J connectivity index is 1.20. The predicted octanol–water partition coefficient (Wildman–Crippen LogP) is 4.21. The van der Waals surface area contributed by atoms with E-state index in [2.05, 4.69) is 76.8 Å². The molecule has 30 heavy (non-hydrogen) atoms. The molecule has 1 N–H and O–H groups in total. The lowest BCUT2D eigenvalue weighted by Gasteiger charge is -2.37. The lowest BCUT2D eigenvalue weighted by Crippen LogP contribution is -2.49. The van der Waals surface area contributed by atoms with Gasteiger partial charge in [-0.1, -0.05) is 36.4 Å². The number of aromatic nitrogens is 2. The molecular formula is C26H32N4. The van der Waals surface area contributed by atoms with Gasteiger partial charge in [0.15, 0.2) is 0 Å². The molecule has 0 spiro atoms. The molecule has 2 aliphatic rings. The van der Waals surface area contributed by atoms with Crippen LogP contribution in [0.4, 0.5) is 0 Å². The van der Waals surface area contributed by atoms with Crippen molar-refractivity contribution in [3.05, 3.63) is 82.7 Å². The van der Waals surface area contributed by atoms with Gasteiger partial charge in [-0.15, -0.1) is 0 Å². The van der Waals surface area contributed by atoms with E-state index < -0.39 is 0 Å². The summed E-state index contributed by atoms with van der Waals surface area (Å²) in [5.74, 6) is 0. The summed E-state index contributed by atoms with van der Waals surface area (Å²) < 4.78 is 2.04. The Morgan fingerprint density at radius 2 is 1.80 bits per heavy atom. The van der Waals surface area contributed by atoms with E-state index in [1.54, 1.807) is 11.1 Å². The summed E-state index contributed by atoms with van der Waals surface area (Å²) in [6.07, 6.45) is 4.99. The SMILES string of the molecule is Cc1cc(C)n(-c2cccc(CNC3CCCN(C4Cc5ccccc5C4)C3)c2)n1. The molecule has 1 atom stereocenters. The van der Waals surface area contributed by atoms with Crippen LogP contribution in [-0.2, 0) is 19.4 Å². The third-order valence-corrected chi connectivity index (χ3v) is 6.76. The number of likely N-dealkylation sites (tertiary alicyclic amines) is 1. The van der Waals surface area contributed by atoms with Gasteiger partial charge in [-0.05, 0) is 81.0 Å². The van der Waals surface area contributed by atoms with Crippen LogP contribution >= 0.6 is 0 Å². The van der Waals surface area contributed by atoms with E-state index in [1.165, 1.54) is 43.5 Å². The molecule has 2 heterocycles. The fraction of sp³-hybridized carbons (Fsp3) is 0.423. The molecule has 1 saturated heterocycles. The summed E-state index contributed by atoms with van der Waals surface area (Å²) >= 11 is 0.